The fraction of sp³-hybridized carbons (Fsp3) is 0.148. The number of methoxy groups -OCH3 is 2. The number of rotatable bonds is 7. The quantitative estimate of drug-likeness (QED) is 0.304. The van der Waals surface area contributed by atoms with Crippen molar-refractivity contribution < 1.29 is 23.9 Å². The predicted molar refractivity (Wildman–Crippen MR) is 142 cm³/mol. The number of hydrogen-bond acceptors (Lipinski definition) is 9. The highest BCUT2D eigenvalue weighted by molar-refractivity contribution is 7.99. The zero-order chi connectivity index (χ0) is 27.4. The Kier molecular flexibility index (Phi) is 7.77. The van der Waals surface area contributed by atoms with E-state index >= 15 is 0 Å². The van der Waals surface area contributed by atoms with Gasteiger partial charge in [0, 0.05) is 15.4 Å². The van der Waals surface area contributed by atoms with E-state index in [1.54, 1.807) is 48.5 Å². The van der Waals surface area contributed by atoms with Gasteiger partial charge >= 0.3 is 11.9 Å². The Hall–Kier alpha value is -4.64. The summed E-state index contributed by atoms with van der Waals surface area (Å²) in [5.74, 6) is -1.74. The van der Waals surface area contributed by atoms with Gasteiger partial charge in [-0.2, -0.15) is 0 Å². The Morgan fingerprint density at radius 3 is 2.42 bits per heavy atom. The summed E-state index contributed by atoms with van der Waals surface area (Å²) in [6.45, 7) is 1.89. The van der Waals surface area contributed by atoms with Crippen LogP contribution in [-0.4, -0.2) is 42.0 Å². The van der Waals surface area contributed by atoms with Crippen molar-refractivity contribution in [3.8, 4) is 0 Å². The molecule has 4 aromatic rings. The number of amides is 1. The van der Waals surface area contributed by atoms with E-state index < -0.39 is 23.9 Å². The number of aryl methyl sites for hydroxylation is 1. The van der Waals surface area contributed by atoms with Crippen LogP contribution in [0.3, 0.4) is 0 Å². The lowest BCUT2D eigenvalue weighted by Gasteiger charge is -2.18. The van der Waals surface area contributed by atoms with E-state index in [9.17, 15) is 19.2 Å². The third kappa shape index (κ3) is 5.52. The zero-order valence-electron chi connectivity index (χ0n) is 20.7. The molecule has 0 spiro atoms. The van der Waals surface area contributed by atoms with Gasteiger partial charge in [0.2, 0.25) is 5.95 Å². The summed E-state index contributed by atoms with van der Waals surface area (Å²) in [4.78, 5) is 58.2. The van der Waals surface area contributed by atoms with Crippen molar-refractivity contribution in [3.63, 3.8) is 0 Å². The van der Waals surface area contributed by atoms with Crippen molar-refractivity contribution in [2.24, 2.45) is 0 Å². The van der Waals surface area contributed by atoms with Gasteiger partial charge in [0.05, 0.1) is 30.7 Å². The van der Waals surface area contributed by atoms with Crippen molar-refractivity contribution in [1.29, 1.82) is 0 Å². The molecule has 0 bridgehead atoms. The molecule has 4 N–H and O–H groups in total. The van der Waals surface area contributed by atoms with E-state index in [0.717, 1.165) is 15.4 Å². The molecule has 10 nitrogen and oxygen atoms in total. The zero-order valence-corrected chi connectivity index (χ0v) is 21.5. The van der Waals surface area contributed by atoms with Gasteiger partial charge in [-0.25, -0.2) is 14.6 Å². The van der Waals surface area contributed by atoms with E-state index in [1.165, 1.54) is 32.0 Å². The number of esters is 2. The molecule has 0 fully saturated rings. The van der Waals surface area contributed by atoms with Gasteiger partial charge in [-0.05, 0) is 60.5 Å². The van der Waals surface area contributed by atoms with Crippen molar-refractivity contribution in [1.82, 2.24) is 15.3 Å². The van der Waals surface area contributed by atoms with Gasteiger partial charge in [0.15, 0.2) is 6.04 Å². The number of H-pyrrole nitrogens is 1. The molecule has 0 radical (unpaired) electrons. The van der Waals surface area contributed by atoms with Gasteiger partial charge in [-0.1, -0.05) is 30.0 Å². The molecule has 1 atom stereocenters. The minimum atomic E-state index is -1.14. The first-order valence-electron chi connectivity index (χ1n) is 11.4. The maximum atomic E-state index is 13.0. The van der Waals surface area contributed by atoms with E-state index in [-0.39, 0.29) is 17.1 Å². The Labute approximate surface area is 221 Å². The van der Waals surface area contributed by atoms with Crippen LogP contribution in [0.1, 0.15) is 37.9 Å². The van der Waals surface area contributed by atoms with E-state index in [4.69, 9.17) is 15.2 Å². The molecule has 1 heterocycles. The lowest BCUT2D eigenvalue weighted by molar-refractivity contribution is -0.143. The largest absolute Gasteiger partial charge is 0.467 e. The first kappa shape index (κ1) is 26.4. The lowest BCUT2D eigenvalue weighted by Crippen LogP contribution is -2.34. The minimum absolute atomic E-state index is 0.0416. The van der Waals surface area contributed by atoms with Crippen LogP contribution in [-0.2, 0) is 14.3 Å². The molecule has 1 aromatic heterocycles. The van der Waals surface area contributed by atoms with Crippen LogP contribution in [0.25, 0.3) is 10.9 Å². The molecule has 0 aliphatic heterocycles. The Balaban J connectivity index is 1.57. The Morgan fingerprint density at radius 1 is 1.00 bits per heavy atom. The van der Waals surface area contributed by atoms with Gasteiger partial charge in [-0.3, -0.25) is 14.6 Å². The van der Waals surface area contributed by atoms with Crippen LogP contribution < -0.4 is 16.6 Å². The van der Waals surface area contributed by atoms with Gasteiger partial charge in [0.25, 0.3) is 11.5 Å². The molecule has 11 heteroatoms. The second-order valence-corrected chi connectivity index (χ2v) is 9.31. The number of fused-ring (bicyclic) bond motifs is 1. The monoisotopic (exact) mass is 532 g/mol. The van der Waals surface area contributed by atoms with Crippen LogP contribution >= 0.6 is 11.8 Å². The van der Waals surface area contributed by atoms with Crippen LogP contribution in [0, 0.1) is 6.92 Å². The fourth-order valence-electron chi connectivity index (χ4n) is 3.82. The van der Waals surface area contributed by atoms with Crippen LogP contribution in [0.15, 0.2) is 75.2 Å². The molecule has 0 unspecified atom stereocenters. The highest BCUT2D eigenvalue weighted by Gasteiger charge is 2.25. The number of benzene rings is 3. The summed E-state index contributed by atoms with van der Waals surface area (Å²) in [6, 6.07) is 15.3. The third-order valence-electron chi connectivity index (χ3n) is 5.73. The van der Waals surface area contributed by atoms with Crippen LogP contribution in [0.4, 0.5) is 5.95 Å². The standard InChI is InChI=1S/C27H24N4O6S/c1-14-7-12-19-20(24(33)31-27(28)29-19)22(14)38-18-10-8-15(9-11-18)23(32)30-21(26(35)37-3)16-5-4-6-17(13-16)25(34)36-2/h4-13,21H,1-3H3,(H,30,32)(H3,28,29,31,33)/t21-/m0/s1. The summed E-state index contributed by atoms with van der Waals surface area (Å²) in [6.07, 6.45) is 0. The number of nitrogen functional groups attached to an aromatic ring is 1. The van der Waals surface area contributed by atoms with E-state index in [2.05, 4.69) is 15.3 Å². The highest BCUT2D eigenvalue weighted by atomic mass is 32.2. The van der Waals surface area contributed by atoms with Gasteiger partial charge in [0.1, 0.15) is 0 Å². The molecule has 4 rings (SSSR count). The summed E-state index contributed by atoms with van der Waals surface area (Å²) >= 11 is 1.36. The SMILES string of the molecule is COC(=O)c1cccc([C@H](NC(=O)c2ccc(Sc3c(C)ccc4nc(N)[nH]c(=O)c34)cc2)C(=O)OC)c1. The Morgan fingerprint density at radius 2 is 1.74 bits per heavy atom. The van der Waals surface area contributed by atoms with Crippen molar-refractivity contribution in [3.05, 3.63) is 93.3 Å². The number of carbonyl (C=O) groups is 3. The molecule has 0 saturated carbocycles. The molecule has 0 saturated heterocycles. The number of ether oxygens (including phenoxy) is 2. The predicted octanol–water partition coefficient (Wildman–Crippen LogP) is 3.40. The van der Waals surface area contributed by atoms with Gasteiger partial charge < -0.3 is 20.5 Å². The molecule has 0 aliphatic rings. The summed E-state index contributed by atoms with van der Waals surface area (Å²) < 4.78 is 9.60. The minimum Gasteiger partial charge on any atom is -0.467 e. The lowest BCUT2D eigenvalue weighted by atomic mass is 10.0. The molecular formula is C27H24N4O6S. The average molecular weight is 533 g/mol. The molecular weight excluding hydrogens is 508 g/mol. The highest BCUT2D eigenvalue weighted by Crippen LogP contribution is 2.34. The Bertz CT molecular complexity index is 1600. The normalized spacial score (nSPS) is 11.6. The maximum absolute atomic E-state index is 13.0. The number of nitrogens with one attached hydrogen (secondary N) is 2. The molecule has 1 amide bonds. The van der Waals surface area contributed by atoms with Crippen molar-refractivity contribution >= 4 is 46.5 Å². The summed E-state index contributed by atoms with van der Waals surface area (Å²) in [5, 5.41) is 3.09. The number of nitrogens with two attached hydrogens (primary N) is 1. The maximum Gasteiger partial charge on any atom is 0.337 e. The number of anilines is 1. The van der Waals surface area contributed by atoms with E-state index in [0.29, 0.717) is 22.0 Å². The molecule has 38 heavy (non-hydrogen) atoms. The molecule has 3 aromatic carbocycles. The number of carbonyl (C=O) groups excluding carboxylic acids is 3. The second-order valence-electron chi connectivity index (χ2n) is 8.23. The summed E-state index contributed by atoms with van der Waals surface area (Å²) in [7, 11) is 2.46. The van der Waals surface area contributed by atoms with Crippen molar-refractivity contribution in [2.75, 3.05) is 20.0 Å². The number of aromatic amines is 1. The first-order chi connectivity index (χ1) is 18.2. The van der Waals surface area contributed by atoms with Crippen molar-refractivity contribution in [2.45, 2.75) is 22.8 Å². The topological polar surface area (TPSA) is 153 Å². The third-order valence-corrected chi connectivity index (χ3v) is 6.97. The molecule has 0 aliphatic carbocycles. The average Bonchev–Trinajstić information content (AvgIpc) is 2.92. The number of aromatic nitrogens is 2. The number of nitrogens with zero attached hydrogens (tertiary/aromatic N) is 1. The smallest absolute Gasteiger partial charge is 0.337 e. The van der Waals surface area contributed by atoms with Crippen LogP contribution in [0.5, 0.6) is 0 Å². The molecule has 194 valence electrons. The van der Waals surface area contributed by atoms with Gasteiger partial charge in [-0.15, -0.1) is 0 Å². The number of hydrogen-bond donors (Lipinski definition) is 3. The fourth-order valence-corrected chi connectivity index (χ4v) is 4.86. The van der Waals surface area contributed by atoms with Crippen LogP contribution in [0.2, 0.25) is 0 Å². The second kappa shape index (κ2) is 11.2. The first-order valence-corrected chi connectivity index (χ1v) is 12.2. The summed E-state index contributed by atoms with van der Waals surface area (Å²) in [5.41, 5.74) is 7.61. The van der Waals surface area contributed by atoms with E-state index in [1.807, 2.05) is 13.0 Å².